The van der Waals surface area contributed by atoms with Gasteiger partial charge >= 0.3 is 0 Å². The van der Waals surface area contributed by atoms with Crippen LogP contribution in [0.1, 0.15) is 38.8 Å². The lowest BCUT2D eigenvalue weighted by atomic mass is 10.1. The number of rotatable bonds is 5. The van der Waals surface area contributed by atoms with Crippen molar-refractivity contribution in [2.24, 2.45) is 0 Å². The van der Waals surface area contributed by atoms with Gasteiger partial charge in [0.15, 0.2) is 0 Å². The summed E-state index contributed by atoms with van der Waals surface area (Å²) < 4.78 is 31.8. The second-order valence-corrected chi connectivity index (χ2v) is 5.96. The van der Waals surface area contributed by atoms with E-state index in [2.05, 4.69) is 10.6 Å². The summed E-state index contributed by atoms with van der Waals surface area (Å²) >= 11 is 0. The maximum atomic E-state index is 13.1. The summed E-state index contributed by atoms with van der Waals surface area (Å²) in [5.74, 6) is -2.44. The lowest BCUT2D eigenvalue weighted by Gasteiger charge is -2.18. The highest BCUT2D eigenvalue weighted by Gasteiger charge is 2.42. The lowest BCUT2D eigenvalue weighted by molar-refractivity contribution is -0.124. The number of carbonyl (C=O) groups is 1. The van der Waals surface area contributed by atoms with Gasteiger partial charge in [0.25, 0.3) is 5.92 Å². The van der Waals surface area contributed by atoms with Gasteiger partial charge in [0.2, 0.25) is 5.91 Å². The Morgan fingerprint density at radius 1 is 1.30 bits per heavy atom. The van der Waals surface area contributed by atoms with Crippen LogP contribution in [-0.2, 0) is 4.79 Å². The maximum Gasteiger partial charge on any atom is 0.262 e. The third-order valence-corrected chi connectivity index (χ3v) is 3.54. The van der Waals surface area contributed by atoms with Crippen LogP contribution in [0.5, 0.6) is 5.75 Å². The molecule has 1 aliphatic heterocycles. The van der Waals surface area contributed by atoms with Crippen LogP contribution < -0.4 is 15.4 Å². The van der Waals surface area contributed by atoms with E-state index in [1.165, 1.54) is 0 Å². The van der Waals surface area contributed by atoms with Gasteiger partial charge in [-0.2, -0.15) is 0 Å². The van der Waals surface area contributed by atoms with E-state index in [1.807, 2.05) is 45.0 Å². The standard InChI is InChI=1S/C16H22F2N2O2.ClH/c1-10(2)22-13-6-4-12(5-7-13)11(3)20-15(21)14-8-16(17,18)9-19-14;/h4-7,10-11,14,19H,8-9H2,1-3H3,(H,20,21);1H. The molecule has 1 aliphatic rings. The first-order valence-electron chi connectivity index (χ1n) is 7.45. The molecule has 0 saturated carbocycles. The molecule has 2 rings (SSSR count). The third-order valence-electron chi connectivity index (χ3n) is 3.54. The first kappa shape index (κ1) is 19.6. The van der Waals surface area contributed by atoms with Gasteiger partial charge in [-0.15, -0.1) is 12.4 Å². The molecule has 0 radical (unpaired) electrons. The molecular weight excluding hydrogens is 326 g/mol. The van der Waals surface area contributed by atoms with Gasteiger partial charge in [0.05, 0.1) is 24.7 Å². The molecule has 1 aromatic rings. The summed E-state index contributed by atoms with van der Waals surface area (Å²) in [6.45, 7) is 5.27. The van der Waals surface area contributed by atoms with Gasteiger partial charge in [-0.1, -0.05) is 12.1 Å². The Bertz CT molecular complexity index is 523. The van der Waals surface area contributed by atoms with E-state index in [9.17, 15) is 13.6 Å². The molecule has 1 heterocycles. The Labute approximate surface area is 141 Å². The molecule has 1 amide bonds. The monoisotopic (exact) mass is 348 g/mol. The first-order valence-corrected chi connectivity index (χ1v) is 7.45. The van der Waals surface area contributed by atoms with Gasteiger partial charge in [0.1, 0.15) is 5.75 Å². The van der Waals surface area contributed by atoms with E-state index < -0.39 is 30.8 Å². The summed E-state index contributed by atoms with van der Waals surface area (Å²) in [5.41, 5.74) is 0.897. The van der Waals surface area contributed by atoms with Crippen molar-refractivity contribution in [2.45, 2.75) is 51.3 Å². The maximum absolute atomic E-state index is 13.1. The molecule has 1 fully saturated rings. The van der Waals surface area contributed by atoms with Crippen LogP contribution in [0.3, 0.4) is 0 Å². The van der Waals surface area contributed by atoms with E-state index in [-0.39, 0.29) is 24.6 Å². The minimum Gasteiger partial charge on any atom is -0.491 e. The summed E-state index contributed by atoms with van der Waals surface area (Å²) in [7, 11) is 0. The van der Waals surface area contributed by atoms with Crippen molar-refractivity contribution in [3.63, 3.8) is 0 Å². The lowest BCUT2D eigenvalue weighted by Crippen LogP contribution is -2.41. The fourth-order valence-corrected chi connectivity index (χ4v) is 2.41. The quantitative estimate of drug-likeness (QED) is 0.859. The molecule has 0 aromatic heterocycles. The SMILES string of the molecule is CC(C)Oc1ccc(C(C)NC(=O)C2CC(F)(F)CN2)cc1.Cl. The predicted octanol–water partition coefficient (Wildman–Crippen LogP) is 3.07. The molecule has 1 aromatic carbocycles. The fraction of sp³-hybridized carbons (Fsp3) is 0.562. The van der Waals surface area contributed by atoms with Crippen LogP contribution in [0.15, 0.2) is 24.3 Å². The van der Waals surface area contributed by atoms with Crippen molar-refractivity contribution in [3.8, 4) is 5.75 Å². The van der Waals surface area contributed by atoms with E-state index >= 15 is 0 Å². The zero-order valence-electron chi connectivity index (χ0n) is 13.4. The number of benzene rings is 1. The molecule has 1 saturated heterocycles. The molecule has 0 bridgehead atoms. The summed E-state index contributed by atoms with van der Waals surface area (Å²) in [5, 5.41) is 5.31. The van der Waals surface area contributed by atoms with Crippen LogP contribution in [0.25, 0.3) is 0 Å². The predicted molar refractivity (Wildman–Crippen MR) is 87.4 cm³/mol. The Morgan fingerprint density at radius 3 is 2.39 bits per heavy atom. The third kappa shape index (κ3) is 5.62. The second kappa shape index (κ2) is 7.93. The van der Waals surface area contributed by atoms with Crippen molar-refractivity contribution in [2.75, 3.05) is 6.54 Å². The van der Waals surface area contributed by atoms with Crippen LogP contribution in [0, 0.1) is 0 Å². The Hall–Kier alpha value is -1.40. The van der Waals surface area contributed by atoms with Crippen LogP contribution in [0.4, 0.5) is 8.78 Å². The number of ether oxygens (including phenoxy) is 1. The minimum absolute atomic E-state index is 0. The number of nitrogens with one attached hydrogen (secondary N) is 2. The summed E-state index contributed by atoms with van der Waals surface area (Å²) in [6, 6.07) is 6.30. The van der Waals surface area contributed by atoms with Gasteiger partial charge < -0.3 is 10.1 Å². The molecule has 2 atom stereocenters. The van der Waals surface area contributed by atoms with Crippen molar-refractivity contribution in [3.05, 3.63) is 29.8 Å². The van der Waals surface area contributed by atoms with Gasteiger partial charge in [0, 0.05) is 6.42 Å². The highest BCUT2D eigenvalue weighted by molar-refractivity contribution is 5.85. The molecule has 2 N–H and O–H groups in total. The van der Waals surface area contributed by atoms with Gasteiger partial charge in [-0.25, -0.2) is 8.78 Å². The second-order valence-electron chi connectivity index (χ2n) is 5.96. The minimum atomic E-state index is -2.80. The normalized spacial score (nSPS) is 20.7. The number of hydrogen-bond acceptors (Lipinski definition) is 3. The molecule has 130 valence electrons. The van der Waals surface area contributed by atoms with Crippen molar-refractivity contribution in [1.29, 1.82) is 0 Å². The molecular formula is C16H23ClF2N2O2. The Kier molecular flexibility index (Phi) is 6.77. The number of hydrogen-bond donors (Lipinski definition) is 2. The molecule has 4 nitrogen and oxygen atoms in total. The van der Waals surface area contributed by atoms with E-state index in [1.54, 1.807) is 0 Å². The first-order chi connectivity index (χ1) is 10.3. The zero-order valence-corrected chi connectivity index (χ0v) is 14.3. The summed E-state index contributed by atoms with van der Waals surface area (Å²) in [6.07, 6.45) is -0.356. The highest BCUT2D eigenvalue weighted by Crippen LogP contribution is 2.26. The van der Waals surface area contributed by atoms with Gasteiger partial charge in [-0.3, -0.25) is 10.1 Å². The van der Waals surface area contributed by atoms with Crippen molar-refractivity contribution >= 4 is 18.3 Å². The van der Waals surface area contributed by atoms with E-state index in [4.69, 9.17) is 4.74 Å². The summed E-state index contributed by atoms with van der Waals surface area (Å²) in [4.78, 5) is 12.0. The van der Waals surface area contributed by atoms with Crippen molar-refractivity contribution in [1.82, 2.24) is 10.6 Å². The van der Waals surface area contributed by atoms with E-state index in [0.717, 1.165) is 11.3 Å². The van der Waals surface area contributed by atoms with Crippen LogP contribution in [-0.4, -0.2) is 30.5 Å². The number of carbonyl (C=O) groups excluding carboxylic acids is 1. The highest BCUT2D eigenvalue weighted by atomic mass is 35.5. The van der Waals surface area contributed by atoms with Crippen LogP contribution in [0.2, 0.25) is 0 Å². The largest absolute Gasteiger partial charge is 0.491 e. The number of amides is 1. The topological polar surface area (TPSA) is 50.4 Å². The van der Waals surface area contributed by atoms with Crippen LogP contribution >= 0.6 is 12.4 Å². The van der Waals surface area contributed by atoms with Gasteiger partial charge in [-0.05, 0) is 38.5 Å². The molecule has 23 heavy (non-hydrogen) atoms. The molecule has 7 heteroatoms. The number of alkyl halides is 2. The molecule has 0 spiro atoms. The zero-order chi connectivity index (χ0) is 16.3. The average molecular weight is 349 g/mol. The molecule has 0 aliphatic carbocycles. The Balaban J connectivity index is 0.00000264. The smallest absolute Gasteiger partial charge is 0.262 e. The van der Waals surface area contributed by atoms with E-state index in [0.29, 0.717) is 0 Å². The average Bonchev–Trinajstić information content (AvgIpc) is 2.79. The fourth-order valence-electron chi connectivity index (χ4n) is 2.41. The Morgan fingerprint density at radius 2 is 1.91 bits per heavy atom. The number of halogens is 3. The molecule has 2 unspecified atom stereocenters. The van der Waals surface area contributed by atoms with Crippen molar-refractivity contribution < 1.29 is 18.3 Å².